The van der Waals surface area contributed by atoms with Gasteiger partial charge in [-0.2, -0.15) is 0 Å². The van der Waals surface area contributed by atoms with Crippen molar-refractivity contribution < 1.29 is 4.74 Å². The predicted molar refractivity (Wildman–Crippen MR) is 97.8 cm³/mol. The van der Waals surface area contributed by atoms with Gasteiger partial charge in [0.05, 0.1) is 7.11 Å². The molecule has 1 nitrogen and oxygen atoms in total. The van der Waals surface area contributed by atoms with E-state index in [1.54, 1.807) is 7.11 Å². The van der Waals surface area contributed by atoms with Crippen LogP contribution in [0.2, 0.25) is 0 Å². The Hall–Kier alpha value is -2.02. The Morgan fingerprint density at radius 1 is 1.04 bits per heavy atom. The molecule has 1 saturated carbocycles. The summed E-state index contributed by atoms with van der Waals surface area (Å²) in [4.78, 5) is 0. The molecule has 0 aliphatic heterocycles. The maximum absolute atomic E-state index is 5.22. The third-order valence-electron chi connectivity index (χ3n) is 5.08. The van der Waals surface area contributed by atoms with E-state index in [9.17, 15) is 0 Å². The highest BCUT2D eigenvalue weighted by Crippen LogP contribution is 2.44. The first kappa shape index (κ1) is 15.9. The van der Waals surface area contributed by atoms with Crippen LogP contribution in [0.3, 0.4) is 0 Å². The van der Waals surface area contributed by atoms with Gasteiger partial charge < -0.3 is 4.74 Å². The average molecular weight is 306 g/mol. The second-order valence-electron chi connectivity index (χ2n) is 6.96. The number of hydrogen-bond donors (Lipinski definition) is 0. The lowest BCUT2D eigenvalue weighted by Crippen LogP contribution is -2.22. The first-order valence-corrected chi connectivity index (χ1v) is 8.57. The van der Waals surface area contributed by atoms with Gasteiger partial charge in [0.2, 0.25) is 0 Å². The van der Waals surface area contributed by atoms with Gasteiger partial charge in [-0.3, -0.25) is 0 Å². The number of methoxy groups -OCH3 is 1. The number of rotatable bonds is 4. The van der Waals surface area contributed by atoms with Crippen molar-refractivity contribution in [2.75, 3.05) is 7.11 Å². The summed E-state index contributed by atoms with van der Waals surface area (Å²) in [6.45, 7) is 2.40. The maximum Gasteiger partial charge on any atom is 0.118 e. The minimum Gasteiger partial charge on any atom is -0.497 e. The molecule has 1 aliphatic carbocycles. The van der Waals surface area contributed by atoms with Crippen LogP contribution < -0.4 is 4.74 Å². The van der Waals surface area contributed by atoms with E-state index in [2.05, 4.69) is 61.5 Å². The zero-order valence-corrected chi connectivity index (χ0v) is 14.2. The molecule has 2 aromatic rings. The highest BCUT2D eigenvalue weighted by atomic mass is 16.5. The fourth-order valence-electron chi connectivity index (χ4n) is 3.69. The molecule has 3 rings (SSSR count). The van der Waals surface area contributed by atoms with E-state index in [-0.39, 0.29) is 0 Å². The molecular weight excluding hydrogens is 280 g/mol. The quantitative estimate of drug-likeness (QED) is 0.666. The highest BCUT2D eigenvalue weighted by molar-refractivity contribution is 5.51. The Kier molecular flexibility index (Phi) is 4.85. The summed E-state index contributed by atoms with van der Waals surface area (Å²) in [5, 5.41) is 0. The van der Waals surface area contributed by atoms with E-state index >= 15 is 0 Å². The molecule has 0 N–H and O–H groups in total. The maximum atomic E-state index is 5.22. The van der Waals surface area contributed by atoms with E-state index in [4.69, 9.17) is 4.74 Å². The summed E-state index contributed by atoms with van der Waals surface area (Å²) < 4.78 is 5.22. The minimum absolute atomic E-state index is 0.290. The van der Waals surface area contributed by atoms with Crippen molar-refractivity contribution >= 4 is 6.08 Å². The third kappa shape index (κ3) is 4.04. The van der Waals surface area contributed by atoms with Crippen molar-refractivity contribution in [2.24, 2.45) is 5.41 Å². The second kappa shape index (κ2) is 7.04. The van der Waals surface area contributed by atoms with Gasteiger partial charge in [0.15, 0.2) is 0 Å². The van der Waals surface area contributed by atoms with Crippen LogP contribution >= 0.6 is 0 Å². The molecule has 1 heteroatoms. The van der Waals surface area contributed by atoms with Crippen LogP contribution in [0.15, 0.2) is 60.7 Å². The lowest BCUT2D eigenvalue weighted by atomic mass is 9.69. The van der Waals surface area contributed by atoms with E-state index < -0.39 is 0 Å². The molecule has 1 aliphatic rings. The molecule has 0 heterocycles. The van der Waals surface area contributed by atoms with Crippen LogP contribution in [0, 0.1) is 5.41 Å². The first-order chi connectivity index (χ1) is 11.2. The Morgan fingerprint density at radius 2 is 1.78 bits per heavy atom. The van der Waals surface area contributed by atoms with Crippen molar-refractivity contribution in [1.82, 2.24) is 0 Å². The Morgan fingerprint density at radius 3 is 2.48 bits per heavy atom. The number of allylic oxidation sites excluding steroid dienone is 1. The first-order valence-electron chi connectivity index (χ1n) is 8.57. The zero-order valence-electron chi connectivity index (χ0n) is 14.2. The second-order valence-corrected chi connectivity index (χ2v) is 6.96. The lowest BCUT2D eigenvalue weighted by molar-refractivity contribution is 0.257. The van der Waals surface area contributed by atoms with Crippen LogP contribution in [0.1, 0.15) is 49.7 Å². The van der Waals surface area contributed by atoms with Crippen LogP contribution in [-0.4, -0.2) is 7.11 Å². The minimum atomic E-state index is 0.290. The average Bonchev–Trinajstić information content (AvgIpc) is 2.61. The number of benzene rings is 2. The SMILES string of the molecule is COc1ccc(/C=C/C2(C)CCCC(c3ccccc3)C2)cc1. The van der Waals surface area contributed by atoms with E-state index in [1.807, 2.05) is 12.1 Å². The Labute approximate surface area is 140 Å². The predicted octanol–water partition coefficient (Wildman–Crippen LogP) is 6.07. The summed E-state index contributed by atoms with van der Waals surface area (Å²) >= 11 is 0. The monoisotopic (exact) mass is 306 g/mol. The lowest BCUT2D eigenvalue weighted by Gasteiger charge is -2.36. The smallest absolute Gasteiger partial charge is 0.118 e. The van der Waals surface area contributed by atoms with Crippen LogP contribution in [0.5, 0.6) is 5.75 Å². The fourth-order valence-corrected chi connectivity index (χ4v) is 3.69. The molecule has 0 spiro atoms. The molecule has 1 fully saturated rings. The molecule has 2 atom stereocenters. The molecule has 0 amide bonds. The van der Waals surface area contributed by atoms with Gasteiger partial charge in [-0.15, -0.1) is 0 Å². The molecule has 2 unspecified atom stereocenters. The molecule has 0 saturated heterocycles. The van der Waals surface area contributed by atoms with Crippen LogP contribution in [0.25, 0.3) is 6.08 Å². The third-order valence-corrected chi connectivity index (χ3v) is 5.08. The van der Waals surface area contributed by atoms with Gasteiger partial charge in [0.25, 0.3) is 0 Å². The van der Waals surface area contributed by atoms with Gasteiger partial charge >= 0.3 is 0 Å². The molecule has 0 bridgehead atoms. The van der Waals surface area contributed by atoms with Crippen molar-refractivity contribution in [3.8, 4) is 5.75 Å². The molecule has 2 aromatic carbocycles. The summed E-state index contributed by atoms with van der Waals surface area (Å²) in [6, 6.07) is 19.3. The largest absolute Gasteiger partial charge is 0.497 e. The standard InChI is InChI=1S/C22H26O/c1-22(16-14-18-10-12-21(23-2)13-11-18)15-6-9-20(17-22)19-7-4-3-5-8-19/h3-5,7-8,10-14,16,20H,6,9,15,17H2,1-2H3/b16-14+. The number of ether oxygens (including phenoxy) is 1. The van der Waals surface area contributed by atoms with Crippen LogP contribution in [-0.2, 0) is 0 Å². The highest BCUT2D eigenvalue weighted by Gasteiger charge is 2.30. The van der Waals surface area contributed by atoms with E-state index in [0.717, 1.165) is 5.75 Å². The molecule has 0 aromatic heterocycles. The van der Waals surface area contributed by atoms with Gasteiger partial charge in [-0.25, -0.2) is 0 Å². The van der Waals surface area contributed by atoms with Gasteiger partial charge in [-0.05, 0) is 53.9 Å². The summed E-state index contributed by atoms with van der Waals surface area (Å²) in [5.74, 6) is 1.60. The van der Waals surface area contributed by atoms with Crippen molar-refractivity contribution in [1.29, 1.82) is 0 Å². The van der Waals surface area contributed by atoms with Crippen molar-refractivity contribution in [3.63, 3.8) is 0 Å². The number of hydrogen-bond acceptors (Lipinski definition) is 1. The normalized spacial score (nSPS) is 24.7. The van der Waals surface area contributed by atoms with E-state index in [1.165, 1.54) is 36.8 Å². The van der Waals surface area contributed by atoms with Gasteiger partial charge in [0.1, 0.15) is 5.75 Å². The Balaban J connectivity index is 1.71. The molecule has 0 radical (unpaired) electrons. The molecule has 23 heavy (non-hydrogen) atoms. The van der Waals surface area contributed by atoms with Crippen molar-refractivity contribution in [2.45, 2.75) is 38.5 Å². The zero-order chi connectivity index (χ0) is 16.1. The van der Waals surface area contributed by atoms with Gasteiger partial charge in [-0.1, -0.05) is 68.0 Å². The van der Waals surface area contributed by atoms with Crippen molar-refractivity contribution in [3.05, 3.63) is 71.8 Å². The van der Waals surface area contributed by atoms with Gasteiger partial charge in [0, 0.05) is 0 Å². The topological polar surface area (TPSA) is 9.23 Å². The summed E-state index contributed by atoms with van der Waals surface area (Å²) in [7, 11) is 1.71. The van der Waals surface area contributed by atoms with Crippen LogP contribution in [0.4, 0.5) is 0 Å². The molecule has 120 valence electrons. The molecular formula is C22H26O. The van der Waals surface area contributed by atoms with E-state index in [0.29, 0.717) is 11.3 Å². The fraction of sp³-hybridized carbons (Fsp3) is 0.364. The Bertz CT molecular complexity index is 641. The summed E-state index contributed by atoms with van der Waals surface area (Å²) in [5.41, 5.74) is 3.03. The summed E-state index contributed by atoms with van der Waals surface area (Å²) in [6.07, 6.45) is 9.84.